The second-order valence-electron chi connectivity index (χ2n) is 5.11. The molecule has 0 amide bonds. The number of aromatic nitrogens is 1. The van der Waals surface area contributed by atoms with Crippen molar-refractivity contribution >= 4 is 0 Å². The van der Waals surface area contributed by atoms with Crippen LogP contribution in [0.3, 0.4) is 0 Å². The fourth-order valence-corrected chi connectivity index (χ4v) is 2.20. The molecule has 1 saturated carbocycles. The Morgan fingerprint density at radius 3 is 2.84 bits per heavy atom. The summed E-state index contributed by atoms with van der Waals surface area (Å²) in [6.07, 6.45) is 6.92. The normalized spacial score (nSPS) is 14.6. The maximum absolute atomic E-state index is 13.4. The van der Waals surface area contributed by atoms with E-state index in [1.54, 1.807) is 12.3 Å². The van der Waals surface area contributed by atoms with E-state index in [2.05, 4.69) is 16.4 Å². The highest BCUT2D eigenvalue weighted by Crippen LogP contribution is 2.21. The van der Waals surface area contributed by atoms with Crippen LogP contribution < -0.4 is 5.32 Å². The fraction of sp³-hybridized carbons (Fsp3) is 0.312. The van der Waals surface area contributed by atoms with Crippen LogP contribution in [-0.4, -0.2) is 11.0 Å². The van der Waals surface area contributed by atoms with Gasteiger partial charge in [-0.1, -0.05) is 12.1 Å². The second kappa shape index (κ2) is 5.49. The van der Waals surface area contributed by atoms with Gasteiger partial charge >= 0.3 is 0 Å². The van der Waals surface area contributed by atoms with Crippen molar-refractivity contribution in [1.82, 2.24) is 10.3 Å². The molecule has 1 aromatic carbocycles. The SMILES string of the molecule is Fc1ccc(Cc2cccnc2)c(CNC2CC2)c1. The standard InChI is InChI=1S/C16H17FN2/c17-15-4-3-13(8-12-2-1-7-18-10-12)14(9-15)11-19-16-5-6-16/h1-4,7,9-10,16,19H,5-6,8,11H2. The molecule has 0 radical (unpaired) electrons. The van der Waals surface area contributed by atoms with Crippen LogP contribution in [0, 0.1) is 5.82 Å². The first-order valence-electron chi connectivity index (χ1n) is 6.71. The number of hydrogen-bond acceptors (Lipinski definition) is 2. The fourth-order valence-electron chi connectivity index (χ4n) is 2.20. The molecule has 1 aliphatic carbocycles. The van der Waals surface area contributed by atoms with Crippen molar-refractivity contribution in [1.29, 1.82) is 0 Å². The number of halogens is 1. The molecule has 1 aromatic heterocycles. The summed E-state index contributed by atoms with van der Waals surface area (Å²) in [6, 6.07) is 9.67. The van der Waals surface area contributed by atoms with Gasteiger partial charge in [0.15, 0.2) is 0 Å². The van der Waals surface area contributed by atoms with Crippen LogP contribution in [0.2, 0.25) is 0 Å². The van der Waals surface area contributed by atoms with Gasteiger partial charge in [-0.2, -0.15) is 0 Å². The Bertz CT molecular complexity index is 550. The van der Waals surface area contributed by atoms with Gasteiger partial charge in [-0.25, -0.2) is 4.39 Å². The van der Waals surface area contributed by atoms with Gasteiger partial charge in [-0.15, -0.1) is 0 Å². The van der Waals surface area contributed by atoms with E-state index < -0.39 is 0 Å². The van der Waals surface area contributed by atoms with Crippen LogP contribution in [0.25, 0.3) is 0 Å². The molecule has 1 aliphatic rings. The molecule has 3 heteroatoms. The van der Waals surface area contributed by atoms with Gasteiger partial charge in [0.1, 0.15) is 5.82 Å². The summed E-state index contributed by atoms with van der Waals surface area (Å²) in [5, 5.41) is 3.44. The van der Waals surface area contributed by atoms with Gasteiger partial charge in [0, 0.05) is 25.0 Å². The lowest BCUT2D eigenvalue weighted by Crippen LogP contribution is -2.16. The second-order valence-corrected chi connectivity index (χ2v) is 5.11. The first-order chi connectivity index (χ1) is 9.31. The summed E-state index contributed by atoms with van der Waals surface area (Å²) in [6.45, 7) is 0.748. The minimum absolute atomic E-state index is 0.164. The third-order valence-electron chi connectivity index (χ3n) is 3.44. The van der Waals surface area contributed by atoms with Gasteiger partial charge in [0.25, 0.3) is 0 Å². The Hall–Kier alpha value is -1.74. The Labute approximate surface area is 112 Å². The molecule has 1 heterocycles. The Kier molecular flexibility index (Phi) is 3.56. The highest BCUT2D eigenvalue weighted by atomic mass is 19.1. The molecule has 0 spiro atoms. The van der Waals surface area contributed by atoms with Crippen molar-refractivity contribution < 1.29 is 4.39 Å². The van der Waals surface area contributed by atoms with Crippen LogP contribution in [0.1, 0.15) is 29.5 Å². The van der Waals surface area contributed by atoms with Crippen LogP contribution in [0.15, 0.2) is 42.7 Å². The van der Waals surface area contributed by atoms with Crippen molar-refractivity contribution in [2.45, 2.75) is 31.8 Å². The summed E-state index contributed by atoms with van der Waals surface area (Å²) >= 11 is 0. The van der Waals surface area contributed by atoms with E-state index in [4.69, 9.17) is 0 Å². The zero-order valence-electron chi connectivity index (χ0n) is 10.8. The molecule has 2 aromatic rings. The lowest BCUT2D eigenvalue weighted by molar-refractivity contribution is 0.617. The third kappa shape index (κ3) is 3.38. The van der Waals surface area contributed by atoms with Gasteiger partial charge in [0.2, 0.25) is 0 Å². The van der Waals surface area contributed by atoms with E-state index in [-0.39, 0.29) is 5.82 Å². The molecule has 0 aliphatic heterocycles. The quantitative estimate of drug-likeness (QED) is 0.889. The topological polar surface area (TPSA) is 24.9 Å². The monoisotopic (exact) mass is 256 g/mol. The summed E-state index contributed by atoms with van der Waals surface area (Å²) < 4.78 is 13.4. The van der Waals surface area contributed by atoms with E-state index in [1.165, 1.54) is 24.5 Å². The number of hydrogen-bond donors (Lipinski definition) is 1. The van der Waals surface area contributed by atoms with E-state index >= 15 is 0 Å². The van der Waals surface area contributed by atoms with Crippen LogP contribution in [0.5, 0.6) is 0 Å². The summed E-state index contributed by atoms with van der Waals surface area (Å²) in [4.78, 5) is 4.12. The molecule has 0 saturated heterocycles. The molecule has 0 bridgehead atoms. The van der Waals surface area contributed by atoms with Gasteiger partial charge in [0.05, 0.1) is 0 Å². The number of nitrogens with one attached hydrogen (secondary N) is 1. The van der Waals surface area contributed by atoms with Crippen LogP contribution >= 0.6 is 0 Å². The average Bonchev–Trinajstić information content (AvgIpc) is 3.24. The van der Waals surface area contributed by atoms with E-state index in [0.29, 0.717) is 6.04 Å². The molecule has 1 fully saturated rings. The summed E-state index contributed by atoms with van der Waals surface area (Å²) in [5.74, 6) is -0.164. The van der Waals surface area contributed by atoms with Gasteiger partial charge < -0.3 is 5.32 Å². The first kappa shape index (κ1) is 12.3. The summed E-state index contributed by atoms with van der Waals surface area (Å²) in [7, 11) is 0. The maximum Gasteiger partial charge on any atom is 0.123 e. The van der Waals surface area contributed by atoms with Gasteiger partial charge in [-0.05, 0) is 54.2 Å². The molecule has 19 heavy (non-hydrogen) atoms. The van der Waals surface area contributed by atoms with Crippen LogP contribution in [-0.2, 0) is 13.0 Å². The Balaban J connectivity index is 1.78. The number of pyridine rings is 1. The highest BCUT2D eigenvalue weighted by molar-refractivity contribution is 5.32. The molecule has 1 N–H and O–H groups in total. The minimum atomic E-state index is -0.164. The lowest BCUT2D eigenvalue weighted by Gasteiger charge is -2.10. The predicted molar refractivity (Wildman–Crippen MR) is 73.3 cm³/mol. The lowest BCUT2D eigenvalue weighted by atomic mass is 10.0. The smallest absolute Gasteiger partial charge is 0.123 e. The molecular formula is C16H17FN2. The van der Waals surface area contributed by atoms with E-state index in [9.17, 15) is 4.39 Å². The first-order valence-corrected chi connectivity index (χ1v) is 6.71. The number of rotatable bonds is 5. The molecule has 0 atom stereocenters. The number of nitrogens with zero attached hydrogens (tertiary/aromatic N) is 1. The maximum atomic E-state index is 13.4. The van der Waals surface area contributed by atoms with Crippen molar-refractivity contribution in [2.24, 2.45) is 0 Å². The largest absolute Gasteiger partial charge is 0.310 e. The summed E-state index contributed by atoms with van der Waals surface area (Å²) in [5.41, 5.74) is 3.38. The van der Waals surface area contributed by atoms with Crippen molar-refractivity contribution in [3.8, 4) is 0 Å². The Morgan fingerprint density at radius 2 is 2.11 bits per heavy atom. The van der Waals surface area contributed by atoms with E-state index in [0.717, 1.165) is 24.1 Å². The molecule has 0 unspecified atom stereocenters. The zero-order chi connectivity index (χ0) is 13.1. The predicted octanol–water partition coefficient (Wildman–Crippen LogP) is 3.06. The highest BCUT2D eigenvalue weighted by Gasteiger charge is 2.20. The molecule has 3 rings (SSSR count). The van der Waals surface area contributed by atoms with Gasteiger partial charge in [-0.3, -0.25) is 4.98 Å². The van der Waals surface area contributed by atoms with Crippen LogP contribution in [0.4, 0.5) is 4.39 Å². The van der Waals surface area contributed by atoms with Crippen molar-refractivity contribution in [3.05, 3.63) is 65.2 Å². The van der Waals surface area contributed by atoms with Crippen molar-refractivity contribution in [3.63, 3.8) is 0 Å². The molecule has 98 valence electrons. The Morgan fingerprint density at radius 1 is 1.21 bits per heavy atom. The molecular weight excluding hydrogens is 239 g/mol. The zero-order valence-corrected chi connectivity index (χ0v) is 10.8. The third-order valence-corrected chi connectivity index (χ3v) is 3.44. The molecule has 2 nitrogen and oxygen atoms in total. The van der Waals surface area contributed by atoms with E-state index in [1.807, 2.05) is 18.3 Å². The minimum Gasteiger partial charge on any atom is -0.310 e. The van der Waals surface area contributed by atoms with Crippen molar-refractivity contribution in [2.75, 3.05) is 0 Å². The number of benzene rings is 1. The average molecular weight is 256 g/mol.